The zero-order valence-electron chi connectivity index (χ0n) is 24.0. The molecule has 0 bridgehead atoms. The lowest BCUT2D eigenvalue weighted by Gasteiger charge is -2.59. The lowest BCUT2D eigenvalue weighted by Crippen LogP contribution is -2.53. The van der Waals surface area contributed by atoms with Gasteiger partial charge in [-0.1, -0.05) is 74.0 Å². The van der Waals surface area contributed by atoms with E-state index in [2.05, 4.69) is 68.4 Å². The van der Waals surface area contributed by atoms with Crippen molar-refractivity contribution in [3.05, 3.63) is 11.6 Å². The van der Waals surface area contributed by atoms with Gasteiger partial charge in [-0.15, -0.1) is 0 Å². The van der Waals surface area contributed by atoms with E-state index in [1.165, 1.54) is 51.4 Å². The SMILES string of the molecule is CC(CO)[C@H]1CC[C@H]2[C@@H]3CC=C4C[C@@H](O[Si](C(C)C)(C(C)C)C(C)C)CC[C@]4(C)[C@H]3CC[C@]12C. The number of aliphatic hydroxyl groups excluding tert-OH is 1. The van der Waals surface area contributed by atoms with E-state index in [0.29, 0.717) is 52.0 Å². The number of allylic oxidation sites excluding steroid dienone is 1. The van der Waals surface area contributed by atoms with E-state index in [-0.39, 0.29) is 0 Å². The van der Waals surface area contributed by atoms with Crippen LogP contribution >= 0.6 is 0 Å². The quantitative estimate of drug-likeness (QED) is 0.287. The van der Waals surface area contributed by atoms with Crippen molar-refractivity contribution in [1.82, 2.24) is 0 Å². The summed E-state index contributed by atoms with van der Waals surface area (Å²) in [7, 11) is -1.83. The fourth-order valence-corrected chi connectivity index (χ4v) is 16.1. The number of hydrogen-bond donors (Lipinski definition) is 1. The van der Waals surface area contributed by atoms with Gasteiger partial charge in [0.05, 0.1) is 0 Å². The van der Waals surface area contributed by atoms with E-state index >= 15 is 0 Å². The van der Waals surface area contributed by atoms with E-state index in [9.17, 15) is 5.11 Å². The molecular weight excluding hydrogens is 432 g/mol. The van der Waals surface area contributed by atoms with Crippen LogP contribution in [0.3, 0.4) is 0 Å². The molecule has 0 spiro atoms. The van der Waals surface area contributed by atoms with Gasteiger partial charge in [-0.05, 0) is 108 Å². The largest absolute Gasteiger partial charge is 0.413 e. The monoisotopic (exact) mass is 488 g/mol. The molecule has 4 aliphatic rings. The molecule has 8 atom stereocenters. The first kappa shape index (κ1) is 26.9. The Bertz CT molecular complexity index is 735. The van der Waals surface area contributed by atoms with Gasteiger partial charge in [0, 0.05) is 12.7 Å². The van der Waals surface area contributed by atoms with E-state index in [4.69, 9.17) is 4.43 Å². The number of hydrogen-bond acceptors (Lipinski definition) is 2. The van der Waals surface area contributed by atoms with Crippen molar-refractivity contribution in [1.29, 1.82) is 0 Å². The van der Waals surface area contributed by atoms with Crippen LogP contribution < -0.4 is 0 Å². The van der Waals surface area contributed by atoms with Crippen LogP contribution in [0, 0.1) is 40.4 Å². The summed E-state index contributed by atoms with van der Waals surface area (Å²) in [5, 5.41) is 9.92. The third-order valence-electron chi connectivity index (χ3n) is 12.2. The maximum atomic E-state index is 9.92. The molecule has 0 saturated heterocycles. The molecule has 196 valence electrons. The lowest BCUT2D eigenvalue weighted by atomic mass is 9.47. The normalized spacial score (nSPS) is 41.3. The first-order valence-corrected chi connectivity index (χ1v) is 17.0. The Labute approximate surface area is 212 Å². The minimum absolute atomic E-state index is 0.359. The van der Waals surface area contributed by atoms with E-state index in [1.54, 1.807) is 5.57 Å². The highest BCUT2D eigenvalue weighted by atomic mass is 28.4. The smallest absolute Gasteiger partial charge is 0.200 e. The molecule has 1 N–H and O–H groups in total. The summed E-state index contributed by atoms with van der Waals surface area (Å²) in [4.78, 5) is 0. The average molecular weight is 489 g/mol. The molecule has 0 radical (unpaired) electrons. The predicted octanol–water partition coefficient (Wildman–Crippen LogP) is 8.75. The second-order valence-electron chi connectivity index (χ2n) is 14.4. The van der Waals surface area contributed by atoms with Gasteiger partial charge < -0.3 is 9.53 Å². The summed E-state index contributed by atoms with van der Waals surface area (Å²) in [6.07, 6.45) is 13.7. The maximum absolute atomic E-state index is 9.92. The van der Waals surface area contributed by atoms with Gasteiger partial charge >= 0.3 is 0 Å². The van der Waals surface area contributed by atoms with Crippen molar-refractivity contribution in [2.75, 3.05) is 6.61 Å². The zero-order valence-corrected chi connectivity index (χ0v) is 25.0. The summed E-state index contributed by atoms with van der Waals surface area (Å²) < 4.78 is 7.31. The van der Waals surface area contributed by atoms with Gasteiger partial charge in [0.2, 0.25) is 8.32 Å². The highest BCUT2D eigenvalue weighted by Crippen LogP contribution is 2.67. The van der Waals surface area contributed by atoms with E-state index in [1.807, 2.05) is 0 Å². The Morgan fingerprint density at radius 2 is 1.56 bits per heavy atom. The predicted molar refractivity (Wildman–Crippen MR) is 147 cm³/mol. The molecule has 0 aromatic rings. The fourth-order valence-electron chi connectivity index (χ4n) is 10.5. The molecule has 3 heteroatoms. The minimum atomic E-state index is -1.83. The topological polar surface area (TPSA) is 29.5 Å². The van der Waals surface area contributed by atoms with Crippen molar-refractivity contribution >= 4 is 8.32 Å². The highest BCUT2D eigenvalue weighted by Gasteiger charge is 2.59. The third kappa shape index (κ3) is 4.03. The molecule has 4 aliphatic carbocycles. The molecule has 3 fully saturated rings. The first-order chi connectivity index (χ1) is 15.9. The second kappa shape index (κ2) is 9.64. The molecule has 0 amide bonds. The molecule has 34 heavy (non-hydrogen) atoms. The van der Waals surface area contributed by atoms with Gasteiger partial charge in [0.1, 0.15) is 0 Å². The minimum Gasteiger partial charge on any atom is -0.413 e. The molecule has 2 nitrogen and oxygen atoms in total. The summed E-state index contributed by atoms with van der Waals surface area (Å²) in [6.45, 7) is 22.4. The fraction of sp³-hybridized carbons (Fsp3) is 0.935. The highest BCUT2D eigenvalue weighted by molar-refractivity contribution is 6.77. The Hall–Kier alpha value is -0.123. The van der Waals surface area contributed by atoms with Gasteiger partial charge in [-0.25, -0.2) is 0 Å². The van der Waals surface area contributed by atoms with Crippen molar-refractivity contribution in [2.24, 2.45) is 40.4 Å². The number of rotatable bonds is 7. The molecule has 0 aromatic heterocycles. The maximum Gasteiger partial charge on any atom is 0.200 e. The van der Waals surface area contributed by atoms with Crippen LogP contribution in [0.5, 0.6) is 0 Å². The van der Waals surface area contributed by atoms with E-state index < -0.39 is 8.32 Å². The van der Waals surface area contributed by atoms with Gasteiger partial charge in [0.15, 0.2) is 0 Å². The van der Waals surface area contributed by atoms with Crippen molar-refractivity contribution in [2.45, 2.75) is 136 Å². The molecular formula is C31H56O2Si. The van der Waals surface area contributed by atoms with Crippen LogP contribution in [0.2, 0.25) is 16.6 Å². The second-order valence-corrected chi connectivity index (χ2v) is 19.9. The number of aliphatic hydroxyl groups is 1. The van der Waals surface area contributed by atoms with Gasteiger partial charge in [-0.2, -0.15) is 0 Å². The summed E-state index contributed by atoms with van der Waals surface area (Å²) in [6, 6.07) is 0. The Kier molecular flexibility index (Phi) is 7.63. The molecule has 0 aliphatic heterocycles. The molecule has 0 aromatic carbocycles. The summed E-state index contributed by atoms with van der Waals surface area (Å²) >= 11 is 0. The molecule has 3 saturated carbocycles. The molecule has 4 rings (SSSR count). The van der Waals surface area contributed by atoms with Crippen LogP contribution in [-0.2, 0) is 4.43 Å². The Morgan fingerprint density at radius 1 is 0.912 bits per heavy atom. The number of fused-ring (bicyclic) bond motifs is 5. The van der Waals surface area contributed by atoms with Crippen LogP contribution in [0.15, 0.2) is 11.6 Å². The van der Waals surface area contributed by atoms with Crippen molar-refractivity contribution in [3.63, 3.8) is 0 Å². The van der Waals surface area contributed by atoms with Crippen molar-refractivity contribution < 1.29 is 9.53 Å². The first-order valence-electron chi connectivity index (χ1n) is 14.9. The molecule has 0 heterocycles. The van der Waals surface area contributed by atoms with Crippen LogP contribution in [0.4, 0.5) is 0 Å². The average Bonchev–Trinajstić information content (AvgIpc) is 3.13. The third-order valence-corrected chi connectivity index (χ3v) is 18.3. The van der Waals surface area contributed by atoms with Crippen LogP contribution in [-0.4, -0.2) is 26.1 Å². The van der Waals surface area contributed by atoms with Crippen molar-refractivity contribution in [3.8, 4) is 0 Å². The lowest BCUT2D eigenvalue weighted by molar-refractivity contribution is -0.0593. The molecule has 1 unspecified atom stereocenters. The van der Waals surface area contributed by atoms with Crippen LogP contribution in [0.1, 0.15) is 114 Å². The van der Waals surface area contributed by atoms with Crippen LogP contribution in [0.25, 0.3) is 0 Å². The summed E-state index contributed by atoms with van der Waals surface area (Å²) in [5.41, 5.74) is 4.59. The van der Waals surface area contributed by atoms with Gasteiger partial charge in [0.25, 0.3) is 0 Å². The Morgan fingerprint density at radius 3 is 2.15 bits per heavy atom. The summed E-state index contributed by atoms with van der Waals surface area (Å²) in [5.74, 6) is 3.74. The van der Waals surface area contributed by atoms with Gasteiger partial charge in [-0.3, -0.25) is 0 Å². The van der Waals surface area contributed by atoms with E-state index in [0.717, 1.165) is 17.8 Å². The zero-order chi connectivity index (χ0) is 25.1. The standard InChI is InChI=1S/C31H56O2Si/c1-20(2)34(21(3)4,22(5)6)33-25-14-16-30(8)24(18-25)10-11-26-28-13-12-27(23(7)19-32)31(28,9)17-15-29(26)30/h10,20-23,25-29,32H,11-19H2,1-9H3/t23?,25-,26-,27+,28-,29-,30-,31+/m0/s1. The Balaban J connectivity index is 1.54.